The molecule has 0 amide bonds. The second-order valence-corrected chi connectivity index (χ2v) is 9.71. The molecule has 0 spiro atoms. The number of hydrogen-bond donors (Lipinski definition) is 1. The zero-order chi connectivity index (χ0) is 20.6. The summed E-state index contributed by atoms with van der Waals surface area (Å²) in [4.78, 5) is 4.36. The third-order valence-corrected chi connectivity index (χ3v) is 7.37. The van der Waals surface area contributed by atoms with E-state index in [0.29, 0.717) is 22.1 Å². The fraction of sp³-hybridized carbons (Fsp3) is 0.100. The second kappa shape index (κ2) is 7.62. The lowest BCUT2D eigenvalue weighted by atomic mass is 10.1. The van der Waals surface area contributed by atoms with E-state index in [9.17, 15) is 8.42 Å². The maximum Gasteiger partial charge on any atom is 0.271 e. The van der Waals surface area contributed by atoms with E-state index in [-0.39, 0.29) is 10.1 Å². The van der Waals surface area contributed by atoms with Crippen LogP contribution in [0.2, 0.25) is 5.02 Å². The zero-order valence-electron chi connectivity index (χ0n) is 15.5. The SMILES string of the molecule is Cc1cccc(C)c1NS(=O)(=O)c1cc(-c2nc(-c3ccc(Cl)cc3)no2)cs1. The number of aromatic nitrogens is 2. The summed E-state index contributed by atoms with van der Waals surface area (Å²) in [6.07, 6.45) is 0. The molecule has 2 aromatic carbocycles. The fourth-order valence-electron chi connectivity index (χ4n) is 2.79. The van der Waals surface area contributed by atoms with Crippen LogP contribution < -0.4 is 4.72 Å². The van der Waals surface area contributed by atoms with Crippen LogP contribution in [0, 0.1) is 13.8 Å². The molecule has 0 aliphatic heterocycles. The highest BCUT2D eigenvalue weighted by atomic mass is 35.5. The van der Waals surface area contributed by atoms with Gasteiger partial charge in [-0.15, -0.1) is 11.3 Å². The van der Waals surface area contributed by atoms with Gasteiger partial charge in [-0.05, 0) is 55.3 Å². The molecule has 4 aromatic rings. The molecule has 0 saturated heterocycles. The molecule has 4 rings (SSSR count). The van der Waals surface area contributed by atoms with Gasteiger partial charge < -0.3 is 4.52 Å². The average molecular weight is 446 g/mol. The van der Waals surface area contributed by atoms with Gasteiger partial charge in [-0.25, -0.2) is 8.42 Å². The number of aryl methyl sites for hydroxylation is 2. The third kappa shape index (κ3) is 4.05. The summed E-state index contributed by atoms with van der Waals surface area (Å²) in [5.41, 5.74) is 3.60. The lowest BCUT2D eigenvalue weighted by Gasteiger charge is -2.11. The monoisotopic (exact) mass is 445 g/mol. The first-order chi connectivity index (χ1) is 13.8. The maximum atomic E-state index is 12.8. The molecule has 0 saturated carbocycles. The Labute approximate surface area is 177 Å². The molecule has 2 aromatic heterocycles. The molecule has 0 radical (unpaired) electrons. The van der Waals surface area contributed by atoms with E-state index in [4.69, 9.17) is 16.1 Å². The van der Waals surface area contributed by atoms with Crippen molar-refractivity contribution in [2.75, 3.05) is 4.72 Å². The van der Waals surface area contributed by atoms with Crippen molar-refractivity contribution in [3.63, 3.8) is 0 Å². The lowest BCUT2D eigenvalue weighted by molar-refractivity contribution is 0.432. The molecule has 0 aliphatic rings. The fourth-order valence-corrected chi connectivity index (χ4v) is 5.27. The average Bonchev–Trinajstić information content (AvgIpc) is 3.35. The van der Waals surface area contributed by atoms with Gasteiger partial charge in [0.15, 0.2) is 0 Å². The summed E-state index contributed by atoms with van der Waals surface area (Å²) in [5.74, 6) is 0.653. The minimum absolute atomic E-state index is 0.168. The van der Waals surface area contributed by atoms with Gasteiger partial charge in [0.2, 0.25) is 5.82 Å². The Balaban J connectivity index is 1.61. The van der Waals surface area contributed by atoms with Gasteiger partial charge in [0.05, 0.1) is 11.3 Å². The first-order valence-corrected chi connectivity index (χ1v) is 11.4. The number of rotatable bonds is 5. The number of para-hydroxylation sites is 1. The van der Waals surface area contributed by atoms with Crippen LogP contribution in [0.4, 0.5) is 5.69 Å². The maximum absolute atomic E-state index is 12.8. The number of hydrogen-bond acceptors (Lipinski definition) is 6. The van der Waals surface area contributed by atoms with Crippen LogP contribution in [-0.4, -0.2) is 18.6 Å². The van der Waals surface area contributed by atoms with E-state index >= 15 is 0 Å². The Morgan fingerprint density at radius 2 is 1.72 bits per heavy atom. The number of sulfonamides is 1. The Kier molecular flexibility index (Phi) is 5.16. The van der Waals surface area contributed by atoms with Crippen LogP contribution in [0.3, 0.4) is 0 Å². The van der Waals surface area contributed by atoms with Crippen LogP contribution in [0.5, 0.6) is 0 Å². The van der Waals surface area contributed by atoms with Gasteiger partial charge in [0.1, 0.15) is 4.21 Å². The molecule has 0 fully saturated rings. The molecule has 2 heterocycles. The number of nitrogens with zero attached hydrogens (tertiary/aromatic N) is 2. The van der Waals surface area contributed by atoms with Gasteiger partial charge in [-0.1, -0.05) is 35.0 Å². The number of thiophene rings is 1. The summed E-state index contributed by atoms with van der Waals surface area (Å²) >= 11 is 6.99. The first-order valence-electron chi connectivity index (χ1n) is 8.61. The molecule has 148 valence electrons. The standard InChI is InChI=1S/C20H16ClN3O3S2/c1-12-4-3-5-13(2)18(12)24-29(25,26)17-10-15(11-28-17)20-22-19(23-27-20)14-6-8-16(21)9-7-14/h3-11,24H,1-2H3. The van der Waals surface area contributed by atoms with Crippen molar-refractivity contribution in [1.82, 2.24) is 10.1 Å². The Morgan fingerprint density at radius 3 is 2.41 bits per heavy atom. The largest absolute Gasteiger partial charge is 0.334 e. The van der Waals surface area contributed by atoms with Crippen molar-refractivity contribution >= 4 is 38.6 Å². The smallest absolute Gasteiger partial charge is 0.271 e. The van der Waals surface area contributed by atoms with E-state index < -0.39 is 10.0 Å². The van der Waals surface area contributed by atoms with E-state index in [1.54, 1.807) is 29.6 Å². The topological polar surface area (TPSA) is 85.1 Å². The van der Waals surface area contributed by atoms with Crippen molar-refractivity contribution in [1.29, 1.82) is 0 Å². The van der Waals surface area contributed by atoms with Gasteiger partial charge in [0, 0.05) is 16.0 Å². The molecule has 0 atom stereocenters. The van der Waals surface area contributed by atoms with Crippen LogP contribution in [0.1, 0.15) is 11.1 Å². The highest BCUT2D eigenvalue weighted by molar-refractivity contribution is 7.94. The van der Waals surface area contributed by atoms with E-state index in [0.717, 1.165) is 28.0 Å². The highest BCUT2D eigenvalue weighted by Gasteiger charge is 2.21. The van der Waals surface area contributed by atoms with Gasteiger partial charge in [0.25, 0.3) is 15.9 Å². The predicted molar refractivity (Wildman–Crippen MR) is 115 cm³/mol. The van der Waals surface area contributed by atoms with Crippen LogP contribution >= 0.6 is 22.9 Å². The molecule has 9 heteroatoms. The molecule has 0 unspecified atom stereocenters. The van der Waals surface area contributed by atoms with Gasteiger partial charge in [-0.3, -0.25) is 4.72 Å². The minimum atomic E-state index is -3.73. The number of benzene rings is 2. The van der Waals surface area contributed by atoms with Gasteiger partial charge >= 0.3 is 0 Å². The minimum Gasteiger partial charge on any atom is -0.334 e. The summed E-state index contributed by atoms with van der Waals surface area (Å²) in [6.45, 7) is 3.73. The molecule has 1 N–H and O–H groups in total. The quantitative estimate of drug-likeness (QED) is 0.436. The number of halogens is 1. The van der Waals surface area contributed by atoms with E-state index in [1.165, 1.54) is 6.07 Å². The summed E-state index contributed by atoms with van der Waals surface area (Å²) in [7, 11) is -3.73. The Hall–Kier alpha value is -2.68. The summed E-state index contributed by atoms with van der Waals surface area (Å²) in [6, 6.07) is 14.2. The molecule has 0 bridgehead atoms. The summed E-state index contributed by atoms with van der Waals surface area (Å²) < 4.78 is 33.8. The van der Waals surface area contributed by atoms with Crippen molar-refractivity contribution in [2.24, 2.45) is 0 Å². The van der Waals surface area contributed by atoms with Crippen LogP contribution in [0.25, 0.3) is 22.8 Å². The highest BCUT2D eigenvalue weighted by Crippen LogP contribution is 2.31. The van der Waals surface area contributed by atoms with Crippen molar-refractivity contribution in [3.05, 3.63) is 70.1 Å². The van der Waals surface area contributed by atoms with Crippen molar-refractivity contribution in [2.45, 2.75) is 18.1 Å². The molecule has 0 aliphatic carbocycles. The zero-order valence-corrected chi connectivity index (χ0v) is 17.9. The van der Waals surface area contributed by atoms with Crippen LogP contribution in [-0.2, 0) is 10.0 Å². The normalized spacial score (nSPS) is 11.6. The van der Waals surface area contributed by atoms with E-state index in [1.807, 2.05) is 32.0 Å². The third-order valence-electron chi connectivity index (χ3n) is 4.33. The first kappa shape index (κ1) is 19.6. The number of nitrogens with one attached hydrogen (secondary N) is 1. The lowest BCUT2D eigenvalue weighted by Crippen LogP contribution is -2.13. The number of anilines is 1. The Bertz CT molecular complexity index is 1260. The molecular weight excluding hydrogens is 430 g/mol. The molecule has 29 heavy (non-hydrogen) atoms. The summed E-state index contributed by atoms with van der Waals surface area (Å²) in [5, 5.41) is 6.26. The second-order valence-electron chi connectivity index (χ2n) is 6.46. The molecular formula is C20H16ClN3O3S2. The van der Waals surface area contributed by atoms with E-state index in [2.05, 4.69) is 14.9 Å². The van der Waals surface area contributed by atoms with Crippen molar-refractivity contribution < 1.29 is 12.9 Å². The van der Waals surface area contributed by atoms with Gasteiger partial charge in [-0.2, -0.15) is 4.98 Å². The Morgan fingerprint density at radius 1 is 1.03 bits per heavy atom. The van der Waals surface area contributed by atoms with Crippen molar-refractivity contribution in [3.8, 4) is 22.8 Å². The van der Waals surface area contributed by atoms with Crippen LogP contribution in [0.15, 0.2) is 62.6 Å². The molecule has 6 nitrogen and oxygen atoms in total. The predicted octanol–water partition coefficient (Wildman–Crippen LogP) is 5.54.